The van der Waals surface area contributed by atoms with Crippen molar-refractivity contribution in [1.29, 1.82) is 0 Å². The van der Waals surface area contributed by atoms with E-state index >= 15 is 0 Å². The van der Waals surface area contributed by atoms with E-state index in [1.54, 1.807) is 0 Å². The minimum Gasteiger partial charge on any atom is -0.480 e. The van der Waals surface area contributed by atoms with Gasteiger partial charge in [-0.25, -0.2) is 0 Å². The lowest BCUT2D eigenvalue weighted by atomic mass is 9.87. The van der Waals surface area contributed by atoms with E-state index in [1.165, 1.54) is 12.8 Å². The molecule has 0 unspecified atom stereocenters. The van der Waals surface area contributed by atoms with Crippen LogP contribution >= 0.6 is 12.4 Å². The fourth-order valence-corrected chi connectivity index (χ4v) is 3.74. The predicted molar refractivity (Wildman–Crippen MR) is 96.5 cm³/mol. The zero-order chi connectivity index (χ0) is 16.8. The number of piperidine rings is 1. The van der Waals surface area contributed by atoms with Crippen LogP contribution in [-0.4, -0.2) is 72.1 Å². The highest BCUT2D eigenvalue weighted by atomic mass is 35.5. The van der Waals surface area contributed by atoms with Gasteiger partial charge in [-0.15, -0.1) is 12.4 Å². The number of carbonyl (C=O) groups excluding carboxylic acids is 1. The van der Waals surface area contributed by atoms with Crippen molar-refractivity contribution < 1.29 is 14.7 Å². The molecule has 0 radical (unpaired) electrons. The first kappa shape index (κ1) is 21.2. The summed E-state index contributed by atoms with van der Waals surface area (Å²) >= 11 is 0. The smallest absolute Gasteiger partial charge is 0.317 e. The number of hydrogen-bond donors (Lipinski definition) is 2. The molecule has 2 N–H and O–H groups in total. The van der Waals surface area contributed by atoms with Crippen LogP contribution in [0.25, 0.3) is 0 Å². The summed E-state index contributed by atoms with van der Waals surface area (Å²) in [6.45, 7) is 4.57. The van der Waals surface area contributed by atoms with Crippen LogP contribution in [0.1, 0.15) is 45.4 Å². The van der Waals surface area contributed by atoms with Gasteiger partial charge in [-0.1, -0.05) is 6.92 Å². The van der Waals surface area contributed by atoms with Gasteiger partial charge in [0.05, 0.1) is 13.1 Å². The summed E-state index contributed by atoms with van der Waals surface area (Å²) in [6.07, 6.45) is 6.50. The second kappa shape index (κ2) is 10.2. The number of nitrogens with one attached hydrogen (secondary N) is 1. The van der Waals surface area contributed by atoms with Crippen molar-refractivity contribution in [1.82, 2.24) is 15.1 Å². The van der Waals surface area contributed by atoms with Crippen LogP contribution in [0, 0.1) is 5.92 Å². The molecule has 0 atom stereocenters. The number of rotatable bonds is 6. The van der Waals surface area contributed by atoms with E-state index in [1.807, 2.05) is 11.9 Å². The van der Waals surface area contributed by atoms with E-state index in [2.05, 4.69) is 17.1 Å². The van der Waals surface area contributed by atoms with Crippen LogP contribution < -0.4 is 5.32 Å². The summed E-state index contributed by atoms with van der Waals surface area (Å²) in [5.41, 5.74) is 0. The standard InChI is InChI=1S/C17H31N3O3.ClH/c1-13-3-5-14(6-4-13)18-16(21)11-20-9-7-15(8-10-20)19(2)12-17(22)23;/h13-15H,3-12H2,1-2H3,(H,18,21)(H,22,23);1H. The largest absolute Gasteiger partial charge is 0.480 e. The maximum atomic E-state index is 12.2. The molecule has 0 aromatic rings. The zero-order valence-corrected chi connectivity index (χ0v) is 15.7. The van der Waals surface area contributed by atoms with Gasteiger partial charge >= 0.3 is 5.97 Å². The first-order valence-electron chi connectivity index (χ1n) is 8.87. The summed E-state index contributed by atoms with van der Waals surface area (Å²) in [6, 6.07) is 0.670. The van der Waals surface area contributed by atoms with Crippen molar-refractivity contribution in [3.05, 3.63) is 0 Å². The van der Waals surface area contributed by atoms with E-state index in [0.717, 1.165) is 44.7 Å². The first-order valence-corrected chi connectivity index (χ1v) is 8.87. The second-order valence-electron chi connectivity index (χ2n) is 7.34. The Kier molecular flexibility index (Phi) is 9.02. The first-order chi connectivity index (χ1) is 10.9. The Hall–Kier alpha value is -0.850. The molecule has 1 amide bonds. The highest BCUT2D eigenvalue weighted by Gasteiger charge is 2.25. The van der Waals surface area contributed by atoms with Crippen molar-refractivity contribution >= 4 is 24.3 Å². The van der Waals surface area contributed by atoms with Crippen LogP contribution in [0.3, 0.4) is 0 Å². The lowest BCUT2D eigenvalue weighted by Gasteiger charge is -2.36. The van der Waals surface area contributed by atoms with E-state index < -0.39 is 5.97 Å². The van der Waals surface area contributed by atoms with Crippen LogP contribution in [-0.2, 0) is 9.59 Å². The predicted octanol–water partition coefficient (Wildman–Crippen LogP) is 1.58. The molecule has 0 bridgehead atoms. The van der Waals surface area contributed by atoms with Crippen molar-refractivity contribution in [2.24, 2.45) is 5.92 Å². The Bertz CT molecular complexity index is 406. The number of carboxylic acid groups (broad SMARTS) is 1. The van der Waals surface area contributed by atoms with E-state index in [4.69, 9.17) is 5.11 Å². The SMILES string of the molecule is CC1CCC(NC(=O)CN2CCC(N(C)CC(=O)O)CC2)CC1.Cl. The van der Waals surface area contributed by atoms with E-state index in [-0.39, 0.29) is 24.9 Å². The van der Waals surface area contributed by atoms with Gasteiger partial charge < -0.3 is 10.4 Å². The van der Waals surface area contributed by atoms with Gasteiger partial charge in [-0.3, -0.25) is 19.4 Å². The fourth-order valence-electron chi connectivity index (χ4n) is 3.74. The third-order valence-electron chi connectivity index (χ3n) is 5.31. The molecule has 2 fully saturated rings. The summed E-state index contributed by atoms with van der Waals surface area (Å²) in [4.78, 5) is 27.0. The minimum atomic E-state index is -0.781. The van der Waals surface area contributed by atoms with Crippen molar-refractivity contribution in [2.45, 2.75) is 57.5 Å². The Morgan fingerprint density at radius 3 is 2.25 bits per heavy atom. The number of aliphatic carboxylic acids is 1. The molecule has 2 rings (SSSR count). The van der Waals surface area contributed by atoms with Crippen LogP contribution in [0.5, 0.6) is 0 Å². The molecular formula is C17H32ClN3O3. The lowest BCUT2D eigenvalue weighted by molar-refractivity contribution is -0.138. The normalized spacial score (nSPS) is 26.0. The Morgan fingerprint density at radius 2 is 1.71 bits per heavy atom. The van der Waals surface area contributed by atoms with Crippen molar-refractivity contribution in [3.63, 3.8) is 0 Å². The number of carboxylic acids is 1. The van der Waals surface area contributed by atoms with Gasteiger partial charge in [0.15, 0.2) is 0 Å². The number of hydrogen-bond acceptors (Lipinski definition) is 4. The number of carbonyl (C=O) groups is 2. The van der Waals surface area contributed by atoms with Gasteiger partial charge in [0, 0.05) is 25.2 Å². The van der Waals surface area contributed by atoms with Crippen molar-refractivity contribution in [3.8, 4) is 0 Å². The highest BCUT2D eigenvalue weighted by Crippen LogP contribution is 2.23. The van der Waals surface area contributed by atoms with Gasteiger partial charge in [0.2, 0.25) is 5.91 Å². The second-order valence-corrected chi connectivity index (χ2v) is 7.34. The van der Waals surface area contributed by atoms with Gasteiger partial charge in [-0.05, 0) is 51.5 Å². The maximum Gasteiger partial charge on any atom is 0.317 e. The van der Waals surface area contributed by atoms with E-state index in [0.29, 0.717) is 18.6 Å². The summed E-state index contributed by atoms with van der Waals surface area (Å²) in [5, 5.41) is 12.0. The monoisotopic (exact) mass is 361 g/mol. The third kappa shape index (κ3) is 6.95. The molecular weight excluding hydrogens is 330 g/mol. The molecule has 1 saturated heterocycles. The number of nitrogens with zero attached hydrogens (tertiary/aromatic N) is 2. The van der Waals surface area contributed by atoms with Gasteiger partial charge in [0.1, 0.15) is 0 Å². The molecule has 1 aliphatic carbocycles. The molecule has 24 heavy (non-hydrogen) atoms. The summed E-state index contributed by atoms with van der Waals surface area (Å²) in [7, 11) is 1.87. The molecule has 2 aliphatic rings. The number of halogens is 1. The fraction of sp³-hybridized carbons (Fsp3) is 0.882. The van der Waals surface area contributed by atoms with Crippen LogP contribution in [0.15, 0.2) is 0 Å². The minimum absolute atomic E-state index is 0. The highest BCUT2D eigenvalue weighted by molar-refractivity contribution is 5.85. The number of amides is 1. The average Bonchev–Trinajstić information content (AvgIpc) is 2.49. The lowest BCUT2D eigenvalue weighted by Crippen LogP contribution is -2.48. The summed E-state index contributed by atoms with van der Waals surface area (Å²) < 4.78 is 0. The van der Waals surface area contributed by atoms with Crippen LogP contribution in [0.2, 0.25) is 0 Å². The quantitative estimate of drug-likeness (QED) is 0.751. The molecule has 0 aromatic carbocycles. The number of likely N-dealkylation sites (N-methyl/N-ethyl adjacent to an activating group) is 1. The zero-order valence-electron chi connectivity index (χ0n) is 14.9. The number of likely N-dealkylation sites (tertiary alicyclic amines) is 1. The van der Waals surface area contributed by atoms with Crippen molar-refractivity contribution in [2.75, 3.05) is 33.2 Å². The van der Waals surface area contributed by atoms with Gasteiger partial charge in [-0.2, -0.15) is 0 Å². The topological polar surface area (TPSA) is 72.9 Å². The van der Waals surface area contributed by atoms with Gasteiger partial charge in [0.25, 0.3) is 0 Å². The Labute approximate surface area is 151 Å². The Morgan fingerprint density at radius 1 is 1.12 bits per heavy atom. The van der Waals surface area contributed by atoms with Crippen LogP contribution in [0.4, 0.5) is 0 Å². The molecule has 1 heterocycles. The molecule has 1 saturated carbocycles. The average molecular weight is 362 g/mol. The third-order valence-corrected chi connectivity index (χ3v) is 5.31. The molecule has 1 aliphatic heterocycles. The van der Waals surface area contributed by atoms with E-state index in [9.17, 15) is 9.59 Å². The summed E-state index contributed by atoms with van der Waals surface area (Å²) in [5.74, 6) is 0.156. The molecule has 140 valence electrons. The molecule has 7 heteroatoms. The molecule has 6 nitrogen and oxygen atoms in total. The molecule has 0 aromatic heterocycles. The Balaban J connectivity index is 0.00000288. The maximum absolute atomic E-state index is 12.2. The molecule has 0 spiro atoms.